The van der Waals surface area contributed by atoms with Gasteiger partial charge >= 0.3 is 11.9 Å². The molecule has 1 heterocycles. The van der Waals surface area contributed by atoms with Gasteiger partial charge in [0.1, 0.15) is 23.4 Å². The van der Waals surface area contributed by atoms with Crippen LogP contribution in [0.3, 0.4) is 0 Å². The molecule has 0 aromatic heterocycles. The van der Waals surface area contributed by atoms with Crippen LogP contribution >= 0.6 is 11.8 Å². The Morgan fingerprint density at radius 3 is 1.82 bits per heavy atom. The molecule has 0 radical (unpaired) electrons. The molecule has 0 amide bonds. The zero-order valence-electron chi connectivity index (χ0n) is 30.4. The zero-order chi connectivity index (χ0) is 36.6. The van der Waals surface area contributed by atoms with Crippen LogP contribution in [0.4, 0.5) is 0 Å². The Balaban J connectivity index is 1.56. The van der Waals surface area contributed by atoms with Gasteiger partial charge in [-0.1, -0.05) is 98.8 Å². The van der Waals surface area contributed by atoms with Crippen molar-refractivity contribution in [3.63, 3.8) is 0 Å². The first-order valence-corrected chi connectivity index (χ1v) is 20.9. The van der Waals surface area contributed by atoms with E-state index >= 15 is 0 Å². The van der Waals surface area contributed by atoms with E-state index in [4.69, 9.17) is 28.1 Å². The van der Waals surface area contributed by atoms with Crippen LogP contribution in [-0.4, -0.2) is 63.8 Å². The minimum Gasteiger partial charge on any atom is -0.497 e. The van der Waals surface area contributed by atoms with Crippen molar-refractivity contribution >= 4 is 32.0 Å². The Morgan fingerprint density at radius 1 is 0.745 bits per heavy atom. The molecule has 270 valence electrons. The number of hydrogen-bond donors (Lipinski definition) is 0. The predicted octanol–water partition coefficient (Wildman–Crippen LogP) is 8.88. The number of hydrogen-bond acceptors (Lipinski definition) is 9. The van der Waals surface area contributed by atoms with E-state index in [1.165, 1.54) is 11.8 Å². The Kier molecular flexibility index (Phi) is 12.8. The summed E-state index contributed by atoms with van der Waals surface area (Å²) in [4.78, 5) is 28.6. The molecule has 0 bridgehead atoms. The molecule has 0 spiro atoms. The summed E-state index contributed by atoms with van der Waals surface area (Å²) in [7, 11) is -0.914. The fourth-order valence-corrected chi connectivity index (χ4v) is 7.75. The van der Waals surface area contributed by atoms with Crippen LogP contribution in [0.5, 0.6) is 5.75 Å². The van der Waals surface area contributed by atoms with Gasteiger partial charge in [0.15, 0.2) is 20.5 Å². The van der Waals surface area contributed by atoms with Gasteiger partial charge < -0.3 is 28.1 Å². The summed E-state index contributed by atoms with van der Waals surface area (Å²) < 4.78 is 38.4. The van der Waals surface area contributed by atoms with Crippen molar-refractivity contribution in [2.75, 3.05) is 13.7 Å². The van der Waals surface area contributed by atoms with Gasteiger partial charge in [0, 0.05) is 4.90 Å². The lowest BCUT2D eigenvalue weighted by Gasteiger charge is -2.49. The molecule has 1 aliphatic rings. The number of carbonyl (C=O) groups is 2. The second-order valence-electron chi connectivity index (χ2n) is 14.2. The molecule has 0 aliphatic carbocycles. The number of ether oxygens (including phenoxy) is 5. The molecular formula is C41H48O8SSi. The van der Waals surface area contributed by atoms with E-state index in [2.05, 4.69) is 33.9 Å². The molecule has 5 atom stereocenters. The lowest BCUT2D eigenvalue weighted by Crippen LogP contribution is -2.64. The zero-order valence-corrected chi connectivity index (χ0v) is 32.2. The Morgan fingerprint density at radius 2 is 1.29 bits per heavy atom. The summed E-state index contributed by atoms with van der Waals surface area (Å²) in [5.74, 6) is -0.351. The van der Waals surface area contributed by atoms with Gasteiger partial charge in [0.25, 0.3) is 0 Å². The number of methoxy groups -OCH3 is 1. The standard InChI is InChI=1S/C41H48O8SSi/c1-28-18-24-33(25-19-28)50-40-37(48-39(43)31-16-12-9-13-17-31)36(47-38(42)30-14-10-8-11-15-30)35(49-51(6,7)41(2,3)4)34(46-40)27-45-26-29-20-22-32(44-5)23-21-29/h8-25,34-37,40H,26-27H2,1-7H3/t34-,35-,36+,37-,40+/m1/s1. The average Bonchev–Trinajstić information content (AvgIpc) is 3.12. The van der Waals surface area contributed by atoms with Gasteiger partial charge in [-0.15, -0.1) is 0 Å². The fraction of sp³-hybridized carbons (Fsp3) is 0.366. The van der Waals surface area contributed by atoms with Crippen LogP contribution in [-0.2, 0) is 30.0 Å². The first kappa shape index (κ1) is 38.3. The fourth-order valence-electron chi connectivity index (χ4n) is 5.32. The first-order valence-electron chi connectivity index (χ1n) is 17.1. The second kappa shape index (κ2) is 17.1. The Hall–Kier alpha value is -3.93. The van der Waals surface area contributed by atoms with E-state index in [1.54, 1.807) is 55.6 Å². The van der Waals surface area contributed by atoms with Gasteiger partial charge in [0.05, 0.1) is 31.5 Å². The van der Waals surface area contributed by atoms with Crippen molar-refractivity contribution < 1.29 is 37.7 Å². The van der Waals surface area contributed by atoms with Crippen LogP contribution in [0.2, 0.25) is 18.1 Å². The lowest BCUT2D eigenvalue weighted by molar-refractivity contribution is -0.207. The molecule has 1 fully saturated rings. The number of rotatable bonds is 13. The molecule has 0 saturated carbocycles. The Bertz CT molecular complexity index is 1710. The van der Waals surface area contributed by atoms with Crippen molar-refractivity contribution in [2.45, 2.75) is 87.2 Å². The van der Waals surface area contributed by atoms with E-state index in [0.717, 1.165) is 21.8 Å². The topological polar surface area (TPSA) is 89.5 Å². The molecule has 1 aliphatic heterocycles. The summed E-state index contributed by atoms with van der Waals surface area (Å²) in [5, 5.41) is -0.195. The van der Waals surface area contributed by atoms with E-state index in [9.17, 15) is 9.59 Å². The third kappa shape index (κ3) is 10.1. The van der Waals surface area contributed by atoms with Crippen LogP contribution in [0, 0.1) is 6.92 Å². The molecule has 8 nitrogen and oxygen atoms in total. The predicted molar refractivity (Wildman–Crippen MR) is 202 cm³/mol. The number of benzene rings is 4. The highest BCUT2D eigenvalue weighted by Gasteiger charge is 2.54. The maximum absolute atomic E-state index is 13.9. The van der Waals surface area contributed by atoms with E-state index < -0.39 is 50.1 Å². The third-order valence-electron chi connectivity index (χ3n) is 9.32. The highest BCUT2D eigenvalue weighted by Crippen LogP contribution is 2.43. The van der Waals surface area contributed by atoms with Crippen LogP contribution in [0.15, 0.2) is 114 Å². The second-order valence-corrected chi connectivity index (χ2v) is 20.1. The molecule has 4 aromatic carbocycles. The SMILES string of the molecule is COc1ccc(COC[C@H]2O[C@@H](Sc3ccc(C)cc3)[C@H](OC(=O)c3ccccc3)[C@@H](OC(=O)c3ccccc3)[C@@H]2O[Si](C)(C)C(C)(C)C)cc1. The monoisotopic (exact) mass is 728 g/mol. The highest BCUT2D eigenvalue weighted by atomic mass is 32.2. The maximum atomic E-state index is 13.9. The summed E-state index contributed by atoms with van der Waals surface area (Å²) in [6, 6.07) is 33.3. The highest BCUT2D eigenvalue weighted by molar-refractivity contribution is 7.99. The smallest absolute Gasteiger partial charge is 0.338 e. The largest absolute Gasteiger partial charge is 0.497 e. The summed E-state index contributed by atoms with van der Waals surface area (Å²) in [5.41, 5.74) is 2.04. The maximum Gasteiger partial charge on any atom is 0.338 e. The van der Waals surface area contributed by atoms with Gasteiger partial charge in [-0.3, -0.25) is 0 Å². The minimum absolute atomic E-state index is 0.134. The molecule has 10 heteroatoms. The quantitative estimate of drug-likeness (QED) is 0.0990. The first-order chi connectivity index (χ1) is 24.3. The number of aryl methyl sites for hydroxylation is 1. The van der Waals surface area contributed by atoms with Crippen molar-refractivity contribution in [1.29, 1.82) is 0 Å². The summed E-state index contributed by atoms with van der Waals surface area (Å²) in [6.45, 7) is 13.2. The van der Waals surface area contributed by atoms with Crippen molar-refractivity contribution in [1.82, 2.24) is 0 Å². The average molecular weight is 729 g/mol. The molecule has 0 N–H and O–H groups in total. The van der Waals surface area contributed by atoms with Crippen molar-refractivity contribution in [3.8, 4) is 5.75 Å². The molecule has 4 aromatic rings. The Labute approximate surface area is 306 Å². The lowest BCUT2D eigenvalue weighted by atomic mass is 9.99. The minimum atomic E-state index is -2.54. The normalized spacial score (nSPS) is 20.7. The number of esters is 2. The third-order valence-corrected chi connectivity index (χ3v) is 14.9. The van der Waals surface area contributed by atoms with Crippen molar-refractivity contribution in [3.05, 3.63) is 131 Å². The number of thioether (sulfide) groups is 1. The molecule has 51 heavy (non-hydrogen) atoms. The molecule has 0 unspecified atom stereocenters. The molecule has 5 rings (SSSR count). The van der Waals surface area contributed by atoms with Gasteiger partial charge in [-0.05, 0) is 79.2 Å². The van der Waals surface area contributed by atoms with Crippen LogP contribution in [0.1, 0.15) is 52.6 Å². The van der Waals surface area contributed by atoms with Crippen LogP contribution in [0.25, 0.3) is 0 Å². The van der Waals surface area contributed by atoms with Gasteiger partial charge in [0.2, 0.25) is 0 Å². The van der Waals surface area contributed by atoms with Gasteiger partial charge in [-0.2, -0.15) is 0 Å². The molecular weight excluding hydrogens is 681 g/mol. The summed E-state index contributed by atoms with van der Waals surface area (Å²) in [6.07, 6.45) is -3.58. The summed E-state index contributed by atoms with van der Waals surface area (Å²) >= 11 is 1.40. The van der Waals surface area contributed by atoms with Gasteiger partial charge in [-0.25, -0.2) is 9.59 Å². The van der Waals surface area contributed by atoms with Crippen molar-refractivity contribution in [2.24, 2.45) is 0 Å². The van der Waals surface area contributed by atoms with E-state index in [0.29, 0.717) is 17.7 Å². The number of carbonyl (C=O) groups excluding carboxylic acids is 2. The molecule has 1 saturated heterocycles. The van der Waals surface area contributed by atoms with E-state index in [-0.39, 0.29) is 11.6 Å². The van der Waals surface area contributed by atoms with Crippen LogP contribution < -0.4 is 4.74 Å². The van der Waals surface area contributed by atoms with E-state index in [1.807, 2.05) is 67.6 Å².